The Morgan fingerprint density at radius 2 is 2.00 bits per heavy atom. The molecule has 1 saturated carbocycles. The monoisotopic (exact) mass is 228 g/mol. The molecule has 1 amide bonds. The van der Waals surface area contributed by atoms with Crippen molar-refractivity contribution in [1.29, 1.82) is 0 Å². The van der Waals surface area contributed by atoms with Crippen LogP contribution in [0.3, 0.4) is 0 Å². The van der Waals surface area contributed by atoms with Crippen LogP contribution >= 0.6 is 0 Å². The van der Waals surface area contributed by atoms with Crippen molar-refractivity contribution in [2.75, 3.05) is 6.54 Å². The highest BCUT2D eigenvalue weighted by Crippen LogP contribution is 2.22. The Bertz CT molecular complexity index is 213. The van der Waals surface area contributed by atoms with Crippen molar-refractivity contribution in [3.8, 4) is 0 Å². The van der Waals surface area contributed by atoms with E-state index in [-0.39, 0.29) is 12.0 Å². The minimum Gasteiger partial charge on any atom is -0.367 e. The molecule has 0 saturated heterocycles. The normalized spacial score (nSPS) is 27.6. The highest BCUT2D eigenvalue weighted by atomic mass is 16.5. The Balaban J connectivity index is 2.28. The van der Waals surface area contributed by atoms with Crippen molar-refractivity contribution in [3.63, 3.8) is 0 Å². The summed E-state index contributed by atoms with van der Waals surface area (Å²) in [5, 5.41) is 3.45. The number of hydrogen-bond acceptors (Lipinski definition) is 3. The lowest BCUT2D eigenvalue weighted by Gasteiger charge is -2.30. The van der Waals surface area contributed by atoms with Crippen LogP contribution in [0.1, 0.15) is 46.0 Å². The highest BCUT2D eigenvalue weighted by molar-refractivity contribution is 5.78. The molecule has 94 valence electrons. The van der Waals surface area contributed by atoms with E-state index in [0.29, 0.717) is 12.5 Å². The van der Waals surface area contributed by atoms with E-state index < -0.39 is 6.10 Å². The van der Waals surface area contributed by atoms with E-state index in [2.05, 4.69) is 12.2 Å². The maximum atomic E-state index is 11.1. The summed E-state index contributed by atoms with van der Waals surface area (Å²) in [6, 6.07) is 0.624. The number of carbonyl (C=O) groups is 1. The van der Waals surface area contributed by atoms with Gasteiger partial charge >= 0.3 is 0 Å². The van der Waals surface area contributed by atoms with Crippen molar-refractivity contribution < 1.29 is 9.53 Å². The fourth-order valence-electron chi connectivity index (χ4n) is 2.29. The zero-order chi connectivity index (χ0) is 12.0. The standard InChI is InChI=1S/C12H24N2O2/c1-3-11(12(13)15)16-10-7-5-9(6-8-10)14-4-2/h9-11,14H,3-8H2,1-2H3,(H2,13,15). The molecule has 1 aliphatic carbocycles. The molecule has 0 heterocycles. The van der Waals surface area contributed by atoms with Gasteiger partial charge in [-0.3, -0.25) is 4.79 Å². The van der Waals surface area contributed by atoms with Gasteiger partial charge in [0.15, 0.2) is 0 Å². The van der Waals surface area contributed by atoms with Crippen LogP contribution in [-0.4, -0.2) is 30.7 Å². The molecular formula is C12H24N2O2. The fourth-order valence-corrected chi connectivity index (χ4v) is 2.29. The SMILES string of the molecule is CCNC1CCC(OC(CC)C(N)=O)CC1. The number of nitrogens with two attached hydrogens (primary N) is 1. The molecule has 1 rings (SSSR count). The molecule has 0 aromatic heterocycles. The van der Waals surface area contributed by atoms with E-state index in [4.69, 9.17) is 10.5 Å². The first-order valence-electron chi connectivity index (χ1n) is 6.35. The average Bonchev–Trinajstić information content (AvgIpc) is 2.28. The van der Waals surface area contributed by atoms with Crippen LogP contribution in [0.2, 0.25) is 0 Å². The van der Waals surface area contributed by atoms with E-state index in [1.807, 2.05) is 6.92 Å². The maximum absolute atomic E-state index is 11.1. The number of nitrogens with one attached hydrogen (secondary N) is 1. The topological polar surface area (TPSA) is 64.3 Å². The first-order valence-corrected chi connectivity index (χ1v) is 6.35. The number of primary amides is 1. The summed E-state index contributed by atoms with van der Waals surface area (Å²) >= 11 is 0. The van der Waals surface area contributed by atoms with Gasteiger partial charge in [-0.25, -0.2) is 0 Å². The van der Waals surface area contributed by atoms with Gasteiger partial charge in [0.1, 0.15) is 6.10 Å². The molecule has 0 aromatic carbocycles. The lowest BCUT2D eigenvalue weighted by Crippen LogP contribution is -2.39. The third kappa shape index (κ3) is 4.10. The largest absolute Gasteiger partial charge is 0.367 e. The number of amides is 1. The summed E-state index contributed by atoms with van der Waals surface area (Å²) in [5.41, 5.74) is 5.26. The van der Waals surface area contributed by atoms with Crippen LogP contribution < -0.4 is 11.1 Å². The summed E-state index contributed by atoms with van der Waals surface area (Å²) in [6.07, 6.45) is 4.81. The molecule has 1 fully saturated rings. The average molecular weight is 228 g/mol. The lowest BCUT2D eigenvalue weighted by atomic mass is 9.93. The summed E-state index contributed by atoms with van der Waals surface area (Å²) in [5.74, 6) is -0.337. The molecule has 4 heteroatoms. The smallest absolute Gasteiger partial charge is 0.246 e. The molecule has 0 aromatic rings. The molecule has 0 bridgehead atoms. The van der Waals surface area contributed by atoms with Gasteiger partial charge in [-0.2, -0.15) is 0 Å². The van der Waals surface area contributed by atoms with Gasteiger partial charge in [-0.1, -0.05) is 13.8 Å². The van der Waals surface area contributed by atoms with Crippen LogP contribution in [0.5, 0.6) is 0 Å². The van der Waals surface area contributed by atoms with Crippen molar-refractivity contribution in [3.05, 3.63) is 0 Å². The van der Waals surface area contributed by atoms with Gasteiger partial charge in [0.05, 0.1) is 6.10 Å². The van der Waals surface area contributed by atoms with Crippen LogP contribution in [0.25, 0.3) is 0 Å². The second-order valence-corrected chi connectivity index (χ2v) is 4.47. The lowest BCUT2D eigenvalue weighted by molar-refractivity contribution is -0.135. The second-order valence-electron chi connectivity index (χ2n) is 4.47. The Morgan fingerprint density at radius 3 is 2.44 bits per heavy atom. The van der Waals surface area contributed by atoms with Gasteiger partial charge in [0, 0.05) is 6.04 Å². The van der Waals surface area contributed by atoms with Crippen LogP contribution in [-0.2, 0) is 9.53 Å². The second kappa shape index (κ2) is 6.86. The molecule has 1 aliphatic rings. The van der Waals surface area contributed by atoms with E-state index in [0.717, 1.165) is 32.2 Å². The Hall–Kier alpha value is -0.610. The van der Waals surface area contributed by atoms with Crippen molar-refractivity contribution in [2.24, 2.45) is 5.73 Å². The highest BCUT2D eigenvalue weighted by Gasteiger charge is 2.25. The summed E-state index contributed by atoms with van der Waals surface area (Å²) in [7, 11) is 0. The number of hydrogen-bond donors (Lipinski definition) is 2. The molecule has 3 N–H and O–H groups in total. The maximum Gasteiger partial charge on any atom is 0.246 e. The third-order valence-electron chi connectivity index (χ3n) is 3.21. The Morgan fingerprint density at radius 1 is 1.38 bits per heavy atom. The Kier molecular flexibility index (Phi) is 5.77. The van der Waals surface area contributed by atoms with E-state index >= 15 is 0 Å². The van der Waals surface area contributed by atoms with E-state index in [1.165, 1.54) is 0 Å². The van der Waals surface area contributed by atoms with Crippen molar-refractivity contribution >= 4 is 5.91 Å². The summed E-state index contributed by atoms with van der Waals surface area (Å²) < 4.78 is 5.73. The Labute approximate surface area is 97.9 Å². The predicted octanol–water partition coefficient (Wildman–Crippen LogP) is 1.19. The van der Waals surface area contributed by atoms with Gasteiger partial charge in [-0.15, -0.1) is 0 Å². The molecule has 4 nitrogen and oxygen atoms in total. The van der Waals surface area contributed by atoms with Crippen LogP contribution in [0.15, 0.2) is 0 Å². The molecule has 1 atom stereocenters. The molecule has 1 unspecified atom stereocenters. The minimum atomic E-state index is -0.402. The zero-order valence-corrected chi connectivity index (χ0v) is 10.4. The molecule has 0 radical (unpaired) electrons. The van der Waals surface area contributed by atoms with Gasteiger partial charge in [0.2, 0.25) is 5.91 Å². The van der Waals surface area contributed by atoms with Crippen LogP contribution in [0.4, 0.5) is 0 Å². The van der Waals surface area contributed by atoms with Crippen LogP contribution in [0, 0.1) is 0 Å². The van der Waals surface area contributed by atoms with Crippen molar-refractivity contribution in [1.82, 2.24) is 5.32 Å². The fraction of sp³-hybridized carbons (Fsp3) is 0.917. The zero-order valence-electron chi connectivity index (χ0n) is 10.4. The predicted molar refractivity (Wildman–Crippen MR) is 64.1 cm³/mol. The first kappa shape index (κ1) is 13.5. The number of carbonyl (C=O) groups excluding carboxylic acids is 1. The molecule has 0 aliphatic heterocycles. The quantitative estimate of drug-likeness (QED) is 0.717. The minimum absolute atomic E-state index is 0.215. The first-order chi connectivity index (χ1) is 7.67. The van der Waals surface area contributed by atoms with Crippen molar-refractivity contribution in [2.45, 2.75) is 64.2 Å². The van der Waals surface area contributed by atoms with Gasteiger partial charge in [-0.05, 0) is 38.6 Å². The van der Waals surface area contributed by atoms with Gasteiger partial charge in [0.25, 0.3) is 0 Å². The number of ether oxygens (including phenoxy) is 1. The summed E-state index contributed by atoms with van der Waals surface area (Å²) in [6.45, 7) is 5.08. The van der Waals surface area contributed by atoms with Gasteiger partial charge < -0.3 is 15.8 Å². The third-order valence-corrected chi connectivity index (χ3v) is 3.21. The van der Waals surface area contributed by atoms with E-state index in [1.54, 1.807) is 0 Å². The molecule has 0 spiro atoms. The number of rotatable bonds is 6. The molecule has 16 heavy (non-hydrogen) atoms. The molecular weight excluding hydrogens is 204 g/mol. The summed E-state index contributed by atoms with van der Waals surface area (Å²) in [4.78, 5) is 11.1. The van der Waals surface area contributed by atoms with E-state index in [9.17, 15) is 4.79 Å².